The van der Waals surface area contributed by atoms with Crippen LogP contribution in [0.4, 0.5) is 5.69 Å². The molecule has 1 fully saturated rings. The van der Waals surface area contributed by atoms with E-state index in [1.54, 1.807) is 11.8 Å². The van der Waals surface area contributed by atoms with Gasteiger partial charge in [0.25, 0.3) is 0 Å². The zero-order valence-corrected chi connectivity index (χ0v) is 15.0. The third kappa shape index (κ3) is 3.65. The van der Waals surface area contributed by atoms with Gasteiger partial charge in [-0.25, -0.2) is 0 Å². The van der Waals surface area contributed by atoms with Crippen molar-refractivity contribution in [3.05, 3.63) is 64.6 Å². The third-order valence-electron chi connectivity index (χ3n) is 4.76. The third-order valence-corrected chi connectivity index (χ3v) is 5.86. The molecule has 4 heteroatoms. The van der Waals surface area contributed by atoms with Gasteiger partial charge in [-0.1, -0.05) is 42.1 Å². The van der Waals surface area contributed by atoms with E-state index in [9.17, 15) is 4.79 Å². The van der Waals surface area contributed by atoms with E-state index < -0.39 is 0 Å². The highest BCUT2D eigenvalue weighted by Gasteiger charge is 2.25. The van der Waals surface area contributed by atoms with Crippen molar-refractivity contribution in [2.24, 2.45) is 0 Å². The number of hydrogen-bond acceptors (Lipinski definition) is 4. The van der Waals surface area contributed by atoms with Crippen LogP contribution in [0.25, 0.3) is 6.08 Å². The molecule has 2 aliphatic rings. The van der Waals surface area contributed by atoms with Crippen molar-refractivity contribution < 1.29 is 4.79 Å². The van der Waals surface area contributed by atoms with Crippen molar-refractivity contribution in [2.45, 2.75) is 17.7 Å². The number of Topliss-reactive ketones (excluding diaryl/α,β-unsaturated/α-hetero) is 1. The van der Waals surface area contributed by atoms with Crippen molar-refractivity contribution in [1.82, 2.24) is 4.90 Å². The molecule has 0 atom stereocenters. The predicted octanol–water partition coefficient (Wildman–Crippen LogP) is 4.52. The van der Waals surface area contributed by atoms with Crippen molar-refractivity contribution in [2.75, 3.05) is 31.5 Å². The maximum absolute atomic E-state index is 12.6. The number of nitrogens with one attached hydrogen (secondary N) is 1. The zero-order valence-electron chi connectivity index (χ0n) is 14.2. The molecule has 0 aromatic heterocycles. The lowest BCUT2D eigenvalue weighted by Gasteiger charge is -2.16. The molecule has 2 aliphatic heterocycles. The lowest BCUT2D eigenvalue weighted by Crippen LogP contribution is -2.26. The Hall–Kier alpha value is -2.04. The number of anilines is 1. The molecule has 0 radical (unpaired) electrons. The fourth-order valence-corrected chi connectivity index (χ4v) is 4.46. The number of ketones is 1. The molecular weight excluding hydrogens is 328 g/mol. The summed E-state index contributed by atoms with van der Waals surface area (Å²) in [4.78, 5) is 16.9. The number of likely N-dealkylation sites (tertiary alicyclic amines) is 1. The zero-order chi connectivity index (χ0) is 17.1. The minimum atomic E-state index is 0.132. The SMILES string of the molecule is O=C1C(=Cc2ccccc2NCCN2CCCC2)Sc2ccccc21. The molecule has 25 heavy (non-hydrogen) atoms. The molecular formula is C21H22N2OS. The van der Waals surface area contributed by atoms with E-state index in [1.165, 1.54) is 25.9 Å². The van der Waals surface area contributed by atoms with Gasteiger partial charge in [0.15, 0.2) is 0 Å². The van der Waals surface area contributed by atoms with Crippen LogP contribution in [0.15, 0.2) is 58.3 Å². The first-order valence-electron chi connectivity index (χ1n) is 8.90. The van der Waals surface area contributed by atoms with Crippen LogP contribution < -0.4 is 5.32 Å². The highest BCUT2D eigenvalue weighted by molar-refractivity contribution is 8.04. The first kappa shape index (κ1) is 16.4. The highest BCUT2D eigenvalue weighted by atomic mass is 32.2. The number of benzene rings is 2. The van der Waals surface area contributed by atoms with Gasteiger partial charge in [0.05, 0.1) is 4.91 Å². The molecule has 128 valence electrons. The molecule has 2 heterocycles. The van der Waals surface area contributed by atoms with Gasteiger partial charge in [-0.05, 0) is 55.8 Å². The minimum absolute atomic E-state index is 0.132. The lowest BCUT2D eigenvalue weighted by molar-refractivity contribution is 0.104. The van der Waals surface area contributed by atoms with Crippen molar-refractivity contribution in [1.29, 1.82) is 0 Å². The largest absolute Gasteiger partial charge is 0.383 e. The molecule has 0 bridgehead atoms. The number of thioether (sulfide) groups is 1. The van der Waals surface area contributed by atoms with E-state index in [0.29, 0.717) is 0 Å². The molecule has 0 aliphatic carbocycles. The Bertz CT molecular complexity index is 809. The standard InChI is InChI=1S/C21H22N2OS/c24-21-17-8-2-4-10-19(17)25-20(21)15-16-7-1-3-9-18(16)22-11-14-23-12-5-6-13-23/h1-4,7-10,15,22H,5-6,11-14H2. The topological polar surface area (TPSA) is 32.3 Å². The highest BCUT2D eigenvalue weighted by Crippen LogP contribution is 2.41. The second-order valence-corrected chi connectivity index (χ2v) is 7.58. The van der Waals surface area contributed by atoms with Crippen molar-refractivity contribution >= 4 is 29.3 Å². The van der Waals surface area contributed by atoms with Gasteiger partial charge in [-0.2, -0.15) is 0 Å². The molecule has 0 amide bonds. The Morgan fingerprint density at radius 1 is 1.04 bits per heavy atom. The van der Waals surface area contributed by atoms with Crippen molar-refractivity contribution in [3.63, 3.8) is 0 Å². The lowest BCUT2D eigenvalue weighted by atomic mass is 10.1. The second-order valence-electron chi connectivity index (χ2n) is 6.50. The van der Waals surface area contributed by atoms with Gasteiger partial charge in [0, 0.05) is 29.2 Å². The van der Waals surface area contributed by atoms with E-state index in [0.717, 1.165) is 39.7 Å². The number of nitrogens with zero attached hydrogens (tertiary/aromatic N) is 1. The average Bonchev–Trinajstić information content (AvgIpc) is 3.26. The summed E-state index contributed by atoms with van der Waals surface area (Å²) in [5.41, 5.74) is 2.99. The van der Waals surface area contributed by atoms with Crippen LogP contribution in [-0.2, 0) is 0 Å². The quantitative estimate of drug-likeness (QED) is 0.804. The number of para-hydroxylation sites is 1. The Morgan fingerprint density at radius 3 is 2.64 bits per heavy atom. The molecule has 4 rings (SSSR count). The number of rotatable bonds is 5. The Kier molecular flexibility index (Phi) is 4.90. The van der Waals surface area contributed by atoms with Crippen LogP contribution in [0.1, 0.15) is 28.8 Å². The molecule has 1 N–H and O–H groups in total. The molecule has 0 spiro atoms. The monoisotopic (exact) mass is 350 g/mol. The molecule has 0 saturated carbocycles. The summed E-state index contributed by atoms with van der Waals surface area (Å²) in [5, 5.41) is 3.54. The van der Waals surface area contributed by atoms with E-state index in [2.05, 4.69) is 22.3 Å². The predicted molar refractivity (Wildman–Crippen MR) is 105 cm³/mol. The second kappa shape index (κ2) is 7.46. The smallest absolute Gasteiger partial charge is 0.200 e. The Morgan fingerprint density at radius 2 is 1.80 bits per heavy atom. The van der Waals surface area contributed by atoms with Crippen LogP contribution in [0.2, 0.25) is 0 Å². The van der Waals surface area contributed by atoms with Gasteiger partial charge < -0.3 is 10.2 Å². The summed E-state index contributed by atoms with van der Waals surface area (Å²) in [7, 11) is 0. The number of allylic oxidation sites excluding steroid dienone is 1. The number of carbonyl (C=O) groups is 1. The van der Waals surface area contributed by atoms with Crippen LogP contribution >= 0.6 is 11.8 Å². The number of fused-ring (bicyclic) bond motifs is 1. The first-order valence-corrected chi connectivity index (χ1v) is 9.71. The van der Waals surface area contributed by atoms with Gasteiger partial charge in [0.2, 0.25) is 5.78 Å². The summed E-state index contributed by atoms with van der Waals surface area (Å²) in [6.45, 7) is 4.44. The van der Waals surface area contributed by atoms with Gasteiger partial charge in [0.1, 0.15) is 0 Å². The van der Waals surface area contributed by atoms with Crippen LogP contribution in [0.3, 0.4) is 0 Å². The van der Waals surface area contributed by atoms with Crippen LogP contribution in [0.5, 0.6) is 0 Å². The summed E-state index contributed by atoms with van der Waals surface area (Å²) in [6.07, 6.45) is 4.66. The van der Waals surface area contributed by atoms with Gasteiger partial charge in [-0.15, -0.1) is 0 Å². The molecule has 0 unspecified atom stereocenters. The molecule has 3 nitrogen and oxygen atoms in total. The normalized spacial score (nSPS) is 18.7. The first-order chi connectivity index (χ1) is 12.3. The summed E-state index contributed by atoms with van der Waals surface area (Å²) >= 11 is 1.57. The fraction of sp³-hybridized carbons (Fsp3) is 0.286. The number of carbonyl (C=O) groups excluding carboxylic acids is 1. The van der Waals surface area contributed by atoms with E-state index >= 15 is 0 Å². The van der Waals surface area contributed by atoms with Gasteiger partial charge >= 0.3 is 0 Å². The summed E-state index contributed by atoms with van der Waals surface area (Å²) in [5.74, 6) is 0.132. The van der Waals surface area contributed by atoms with Crippen molar-refractivity contribution in [3.8, 4) is 0 Å². The summed E-state index contributed by atoms with van der Waals surface area (Å²) < 4.78 is 0. The minimum Gasteiger partial charge on any atom is -0.383 e. The molecule has 2 aromatic carbocycles. The molecule has 1 saturated heterocycles. The van der Waals surface area contributed by atoms with Crippen LogP contribution in [-0.4, -0.2) is 36.9 Å². The van der Waals surface area contributed by atoms with E-state index in [4.69, 9.17) is 0 Å². The van der Waals surface area contributed by atoms with E-state index in [1.807, 2.05) is 42.5 Å². The maximum atomic E-state index is 12.6. The Labute approximate surface area is 153 Å². The van der Waals surface area contributed by atoms with E-state index in [-0.39, 0.29) is 5.78 Å². The number of hydrogen-bond donors (Lipinski definition) is 1. The average molecular weight is 350 g/mol. The maximum Gasteiger partial charge on any atom is 0.200 e. The summed E-state index contributed by atoms with van der Waals surface area (Å²) in [6, 6.07) is 16.1. The van der Waals surface area contributed by atoms with Gasteiger partial charge in [-0.3, -0.25) is 4.79 Å². The Balaban J connectivity index is 1.48. The molecule has 2 aromatic rings. The van der Waals surface area contributed by atoms with Crippen LogP contribution in [0, 0.1) is 0 Å². The fourth-order valence-electron chi connectivity index (χ4n) is 3.42.